The van der Waals surface area contributed by atoms with Gasteiger partial charge in [0.1, 0.15) is 0 Å². The first kappa shape index (κ1) is 11.6. The molecule has 0 aliphatic carbocycles. The number of benzene rings is 1. The SMILES string of the molecule is c1ccc(COCC[C@H]2CCCNC2)cc1. The van der Waals surface area contributed by atoms with Crippen LogP contribution in [-0.2, 0) is 11.3 Å². The lowest BCUT2D eigenvalue weighted by Crippen LogP contribution is -2.30. The van der Waals surface area contributed by atoms with E-state index in [1.165, 1.54) is 37.9 Å². The number of rotatable bonds is 5. The molecule has 1 N–H and O–H groups in total. The van der Waals surface area contributed by atoms with Gasteiger partial charge in [0.05, 0.1) is 6.61 Å². The van der Waals surface area contributed by atoms with Crippen LogP contribution < -0.4 is 5.32 Å². The molecule has 1 saturated heterocycles. The highest BCUT2D eigenvalue weighted by Crippen LogP contribution is 2.14. The maximum absolute atomic E-state index is 5.69. The van der Waals surface area contributed by atoms with E-state index >= 15 is 0 Å². The average Bonchev–Trinajstić information content (AvgIpc) is 2.37. The fourth-order valence-electron chi connectivity index (χ4n) is 2.18. The molecule has 0 aromatic heterocycles. The highest BCUT2D eigenvalue weighted by molar-refractivity contribution is 5.13. The minimum Gasteiger partial charge on any atom is -0.377 e. The largest absolute Gasteiger partial charge is 0.377 e. The van der Waals surface area contributed by atoms with Crippen molar-refractivity contribution < 1.29 is 4.74 Å². The van der Waals surface area contributed by atoms with Gasteiger partial charge in [-0.2, -0.15) is 0 Å². The molecular formula is C14H21NO. The van der Waals surface area contributed by atoms with E-state index < -0.39 is 0 Å². The molecule has 2 rings (SSSR count). The van der Waals surface area contributed by atoms with E-state index in [1.54, 1.807) is 0 Å². The summed E-state index contributed by atoms with van der Waals surface area (Å²) < 4.78 is 5.69. The Bertz CT molecular complexity index is 280. The van der Waals surface area contributed by atoms with Crippen LogP contribution >= 0.6 is 0 Å². The van der Waals surface area contributed by atoms with Crippen molar-refractivity contribution in [3.05, 3.63) is 35.9 Å². The number of piperidine rings is 1. The normalized spacial score (nSPS) is 20.9. The molecule has 0 unspecified atom stereocenters. The van der Waals surface area contributed by atoms with Crippen LogP contribution in [0.1, 0.15) is 24.8 Å². The van der Waals surface area contributed by atoms with Crippen LogP contribution in [0.3, 0.4) is 0 Å². The van der Waals surface area contributed by atoms with Gasteiger partial charge in [0.15, 0.2) is 0 Å². The van der Waals surface area contributed by atoms with Gasteiger partial charge < -0.3 is 10.1 Å². The lowest BCUT2D eigenvalue weighted by Gasteiger charge is -2.22. The quantitative estimate of drug-likeness (QED) is 0.769. The van der Waals surface area contributed by atoms with Gasteiger partial charge in [0.25, 0.3) is 0 Å². The zero-order chi connectivity index (χ0) is 11.1. The Morgan fingerprint density at radius 3 is 2.88 bits per heavy atom. The maximum atomic E-state index is 5.69. The van der Waals surface area contributed by atoms with Crippen LogP contribution in [0.4, 0.5) is 0 Å². The zero-order valence-electron chi connectivity index (χ0n) is 9.82. The smallest absolute Gasteiger partial charge is 0.0716 e. The highest BCUT2D eigenvalue weighted by Gasteiger charge is 2.11. The van der Waals surface area contributed by atoms with Gasteiger partial charge in [-0.15, -0.1) is 0 Å². The fraction of sp³-hybridized carbons (Fsp3) is 0.571. The summed E-state index contributed by atoms with van der Waals surface area (Å²) >= 11 is 0. The standard InChI is InChI=1S/C14H21NO/c1-2-5-14(6-3-1)12-16-10-8-13-7-4-9-15-11-13/h1-3,5-6,13,15H,4,7-12H2/t13-/m1/s1. The summed E-state index contributed by atoms with van der Waals surface area (Å²) in [6.07, 6.45) is 3.88. The van der Waals surface area contributed by atoms with E-state index in [4.69, 9.17) is 4.74 Å². The van der Waals surface area contributed by atoms with Crippen LogP contribution in [0, 0.1) is 5.92 Å². The predicted molar refractivity (Wildman–Crippen MR) is 66.3 cm³/mol. The molecule has 0 radical (unpaired) electrons. The first-order valence-electron chi connectivity index (χ1n) is 6.27. The molecule has 1 aliphatic rings. The summed E-state index contributed by atoms with van der Waals surface area (Å²) in [5.41, 5.74) is 1.27. The summed E-state index contributed by atoms with van der Waals surface area (Å²) in [6, 6.07) is 10.4. The third kappa shape index (κ3) is 3.95. The molecule has 0 amide bonds. The monoisotopic (exact) mass is 219 g/mol. The minimum atomic E-state index is 0.751. The van der Waals surface area contributed by atoms with Crippen LogP contribution in [-0.4, -0.2) is 19.7 Å². The number of hydrogen-bond acceptors (Lipinski definition) is 2. The highest BCUT2D eigenvalue weighted by atomic mass is 16.5. The second kappa shape index (κ2) is 6.66. The van der Waals surface area contributed by atoms with E-state index in [0.717, 1.165) is 19.1 Å². The van der Waals surface area contributed by atoms with E-state index in [9.17, 15) is 0 Å². The van der Waals surface area contributed by atoms with Gasteiger partial charge in [0.2, 0.25) is 0 Å². The Kier molecular flexibility index (Phi) is 4.84. The number of hydrogen-bond donors (Lipinski definition) is 1. The van der Waals surface area contributed by atoms with Gasteiger partial charge in [0, 0.05) is 6.61 Å². The summed E-state index contributed by atoms with van der Waals surface area (Å²) in [4.78, 5) is 0. The first-order chi connectivity index (χ1) is 7.95. The van der Waals surface area contributed by atoms with Gasteiger partial charge in [-0.25, -0.2) is 0 Å². The van der Waals surface area contributed by atoms with E-state index in [-0.39, 0.29) is 0 Å². The van der Waals surface area contributed by atoms with Crippen molar-refractivity contribution in [3.8, 4) is 0 Å². The van der Waals surface area contributed by atoms with Crippen molar-refractivity contribution >= 4 is 0 Å². The second-order valence-corrected chi connectivity index (χ2v) is 4.54. The molecule has 1 fully saturated rings. The van der Waals surface area contributed by atoms with Crippen molar-refractivity contribution in [2.75, 3.05) is 19.7 Å². The zero-order valence-corrected chi connectivity index (χ0v) is 9.82. The second-order valence-electron chi connectivity index (χ2n) is 4.54. The molecule has 2 heteroatoms. The third-order valence-electron chi connectivity index (χ3n) is 3.18. The van der Waals surface area contributed by atoms with Crippen molar-refractivity contribution in [1.29, 1.82) is 0 Å². The van der Waals surface area contributed by atoms with E-state index in [1.807, 2.05) is 6.07 Å². The summed E-state index contributed by atoms with van der Waals surface area (Å²) in [7, 11) is 0. The van der Waals surface area contributed by atoms with Crippen molar-refractivity contribution in [2.24, 2.45) is 5.92 Å². The summed E-state index contributed by atoms with van der Waals surface area (Å²) in [6.45, 7) is 4.01. The molecule has 0 bridgehead atoms. The maximum Gasteiger partial charge on any atom is 0.0716 e. The van der Waals surface area contributed by atoms with Gasteiger partial charge in [-0.05, 0) is 43.8 Å². The average molecular weight is 219 g/mol. The molecule has 1 aliphatic heterocycles. The molecular weight excluding hydrogens is 198 g/mol. The third-order valence-corrected chi connectivity index (χ3v) is 3.18. The minimum absolute atomic E-state index is 0.751. The molecule has 0 saturated carbocycles. The molecule has 1 aromatic rings. The van der Waals surface area contributed by atoms with Gasteiger partial charge >= 0.3 is 0 Å². The molecule has 0 spiro atoms. The summed E-state index contributed by atoms with van der Waals surface area (Å²) in [5.74, 6) is 0.824. The van der Waals surface area contributed by atoms with Crippen LogP contribution in [0.5, 0.6) is 0 Å². The van der Waals surface area contributed by atoms with Gasteiger partial charge in [-0.1, -0.05) is 30.3 Å². The topological polar surface area (TPSA) is 21.3 Å². The Labute approximate surface area is 98.0 Å². The molecule has 1 aromatic carbocycles. The fourth-order valence-corrected chi connectivity index (χ4v) is 2.18. The lowest BCUT2D eigenvalue weighted by molar-refractivity contribution is 0.103. The molecule has 16 heavy (non-hydrogen) atoms. The molecule has 88 valence electrons. The Balaban J connectivity index is 1.58. The number of nitrogens with one attached hydrogen (secondary N) is 1. The van der Waals surface area contributed by atoms with Crippen molar-refractivity contribution in [1.82, 2.24) is 5.32 Å². The Morgan fingerprint density at radius 1 is 1.25 bits per heavy atom. The van der Waals surface area contributed by atoms with E-state index in [2.05, 4.69) is 29.6 Å². The first-order valence-corrected chi connectivity index (χ1v) is 6.27. The predicted octanol–water partition coefficient (Wildman–Crippen LogP) is 2.59. The summed E-state index contributed by atoms with van der Waals surface area (Å²) in [5, 5.41) is 3.44. The lowest BCUT2D eigenvalue weighted by atomic mass is 9.97. The van der Waals surface area contributed by atoms with Crippen LogP contribution in [0.15, 0.2) is 30.3 Å². The Hall–Kier alpha value is -0.860. The van der Waals surface area contributed by atoms with Gasteiger partial charge in [-0.3, -0.25) is 0 Å². The van der Waals surface area contributed by atoms with E-state index in [0.29, 0.717) is 0 Å². The van der Waals surface area contributed by atoms with Crippen molar-refractivity contribution in [3.63, 3.8) is 0 Å². The number of ether oxygens (including phenoxy) is 1. The molecule has 1 atom stereocenters. The molecule has 2 nitrogen and oxygen atoms in total. The van der Waals surface area contributed by atoms with Crippen LogP contribution in [0.25, 0.3) is 0 Å². The molecule has 1 heterocycles. The Morgan fingerprint density at radius 2 is 2.12 bits per heavy atom. The van der Waals surface area contributed by atoms with Crippen LogP contribution in [0.2, 0.25) is 0 Å². The van der Waals surface area contributed by atoms with Crippen molar-refractivity contribution in [2.45, 2.75) is 25.9 Å².